The van der Waals surface area contributed by atoms with Crippen LogP contribution in [-0.2, 0) is 14.8 Å². The molecule has 0 aromatic rings. The van der Waals surface area contributed by atoms with E-state index in [-0.39, 0.29) is 17.2 Å². The van der Waals surface area contributed by atoms with Crippen LogP contribution in [-0.4, -0.2) is 30.8 Å². The van der Waals surface area contributed by atoms with Gasteiger partial charge in [-0.25, -0.2) is 13.1 Å². The summed E-state index contributed by atoms with van der Waals surface area (Å²) in [5.41, 5.74) is 0. The highest BCUT2D eigenvalue weighted by Gasteiger charge is 2.39. The normalized spacial score (nSPS) is 31.7. The first kappa shape index (κ1) is 10.9. The van der Waals surface area contributed by atoms with E-state index in [2.05, 4.69) is 4.72 Å². The van der Waals surface area contributed by atoms with E-state index in [0.29, 0.717) is 19.3 Å². The second-order valence-electron chi connectivity index (χ2n) is 4.41. The molecule has 2 aliphatic carbocycles. The van der Waals surface area contributed by atoms with E-state index in [4.69, 9.17) is 5.11 Å². The Morgan fingerprint density at radius 3 is 2.33 bits per heavy atom. The Kier molecular flexibility index (Phi) is 2.72. The molecular weight excluding hydrogens is 218 g/mol. The smallest absolute Gasteiger partial charge is 0.306 e. The maximum atomic E-state index is 11.6. The number of carboxylic acid groups (broad SMARTS) is 1. The summed E-state index contributed by atoms with van der Waals surface area (Å²) in [5.74, 6) is -1.19. The molecule has 0 aliphatic heterocycles. The van der Waals surface area contributed by atoms with Gasteiger partial charge in [0, 0.05) is 6.04 Å². The molecule has 0 aromatic carbocycles. The molecule has 86 valence electrons. The summed E-state index contributed by atoms with van der Waals surface area (Å²) in [6, 6.07) is -0.170. The Bertz CT molecular complexity index is 360. The van der Waals surface area contributed by atoms with Crippen LogP contribution in [0.4, 0.5) is 0 Å². The molecule has 6 heteroatoms. The number of rotatable bonds is 4. The fourth-order valence-electron chi connectivity index (χ4n) is 2.02. The van der Waals surface area contributed by atoms with E-state index in [9.17, 15) is 13.2 Å². The molecule has 0 aromatic heterocycles. The lowest BCUT2D eigenvalue weighted by Crippen LogP contribution is -2.35. The van der Waals surface area contributed by atoms with Crippen molar-refractivity contribution in [1.82, 2.24) is 4.72 Å². The van der Waals surface area contributed by atoms with Gasteiger partial charge in [-0.15, -0.1) is 0 Å². The highest BCUT2D eigenvalue weighted by atomic mass is 32.2. The standard InChI is InChI=1S/C9H15NO4S/c11-9(12)6-1-2-7(5-6)10-15(13,14)8-3-4-8/h6-8,10H,1-5H2,(H,11,12)/t6-,7+/m1/s1. The van der Waals surface area contributed by atoms with Gasteiger partial charge >= 0.3 is 5.97 Å². The topological polar surface area (TPSA) is 83.5 Å². The molecule has 0 radical (unpaired) electrons. The van der Waals surface area contributed by atoms with E-state index >= 15 is 0 Å². The quantitative estimate of drug-likeness (QED) is 0.732. The molecule has 0 heterocycles. The average molecular weight is 233 g/mol. The minimum absolute atomic E-state index is 0.170. The molecule has 0 bridgehead atoms. The molecule has 2 fully saturated rings. The van der Waals surface area contributed by atoms with Crippen molar-refractivity contribution < 1.29 is 18.3 Å². The van der Waals surface area contributed by atoms with Crippen LogP contribution in [0, 0.1) is 5.92 Å². The van der Waals surface area contributed by atoms with Gasteiger partial charge in [-0.1, -0.05) is 0 Å². The van der Waals surface area contributed by atoms with Crippen molar-refractivity contribution in [2.24, 2.45) is 5.92 Å². The van der Waals surface area contributed by atoms with E-state index in [1.54, 1.807) is 0 Å². The lowest BCUT2D eigenvalue weighted by Gasteiger charge is -2.11. The molecular formula is C9H15NO4S. The van der Waals surface area contributed by atoms with Crippen molar-refractivity contribution in [1.29, 1.82) is 0 Å². The van der Waals surface area contributed by atoms with Crippen LogP contribution in [0.1, 0.15) is 32.1 Å². The highest BCUT2D eigenvalue weighted by molar-refractivity contribution is 7.90. The van der Waals surface area contributed by atoms with E-state index in [1.165, 1.54) is 0 Å². The molecule has 2 aliphatic rings. The summed E-state index contributed by atoms with van der Waals surface area (Å²) < 4.78 is 25.7. The molecule has 2 N–H and O–H groups in total. The number of aliphatic carboxylic acids is 1. The fraction of sp³-hybridized carbons (Fsp3) is 0.889. The maximum Gasteiger partial charge on any atom is 0.306 e. The molecule has 0 saturated heterocycles. The molecule has 15 heavy (non-hydrogen) atoms. The zero-order chi connectivity index (χ0) is 11.1. The largest absolute Gasteiger partial charge is 0.481 e. The van der Waals surface area contributed by atoms with Crippen LogP contribution in [0.3, 0.4) is 0 Å². The summed E-state index contributed by atoms with van der Waals surface area (Å²) in [7, 11) is -3.16. The third-order valence-electron chi connectivity index (χ3n) is 3.08. The van der Waals surface area contributed by atoms with Gasteiger partial charge < -0.3 is 5.11 Å². The second kappa shape index (κ2) is 3.75. The third-order valence-corrected chi connectivity index (χ3v) is 5.09. The number of hydrogen-bond donors (Lipinski definition) is 2. The van der Waals surface area contributed by atoms with Crippen molar-refractivity contribution in [2.45, 2.75) is 43.4 Å². The monoisotopic (exact) mass is 233 g/mol. The average Bonchev–Trinajstić information content (AvgIpc) is 2.88. The van der Waals surface area contributed by atoms with Gasteiger partial charge in [-0.05, 0) is 32.1 Å². The molecule has 0 amide bonds. The van der Waals surface area contributed by atoms with Gasteiger partial charge in [0.25, 0.3) is 0 Å². The van der Waals surface area contributed by atoms with E-state index < -0.39 is 16.0 Å². The molecule has 0 spiro atoms. The number of carbonyl (C=O) groups is 1. The summed E-state index contributed by atoms with van der Waals surface area (Å²) in [5, 5.41) is 8.55. The van der Waals surface area contributed by atoms with Gasteiger partial charge in [-0.2, -0.15) is 0 Å². The van der Waals surface area contributed by atoms with Crippen molar-refractivity contribution >= 4 is 16.0 Å². The van der Waals surface area contributed by atoms with Crippen molar-refractivity contribution in [2.75, 3.05) is 0 Å². The summed E-state index contributed by atoms with van der Waals surface area (Å²) >= 11 is 0. The molecule has 5 nitrogen and oxygen atoms in total. The minimum Gasteiger partial charge on any atom is -0.481 e. The van der Waals surface area contributed by atoms with Crippen LogP contribution < -0.4 is 4.72 Å². The SMILES string of the molecule is O=C(O)[C@@H]1CC[C@H](NS(=O)(=O)C2CC2)C1. The Balaban J connectivity index is 1.89. The van der Waals surface area contributed by atoms with Crippen LogP contribution in [0.2, 0.25) is 0 Å². The highest BCUT2D eigenvalue weighted by Crippen LogP contribution is 2.31. The lowest BCUT2D eigenvalue weighted by molar-refractivity contribution is -0.141. The number of carboxylic acids is 1. The van der Waals surface area contributed by atoms with Gasteiger partial charge in [0.05, 0.1) is 11.2 Å². The Morgan fingerprint density at radius 2 is 1.87 bits per heavy atom. The van der Waals surface area contributed by atoms with Crippen LogP contribution in [0.15, 0.2) is 0 Å². The Morgan fingerprint density at radius 1 is 1.20 bits per heavy atom. The second-order valence-corrected chi connectivity index (χ2v) is 6.40. The first-order valence-corrected chi connectivity index (χ1v) is 6.77. The molecule has 0 unspecified atom stereocenters. The third kappa shape index (κ3) is 2.49. The summed E-state index contributed by atoms with van der Waals surface area (Å²) in [6.07, 6.45) is 3.13. The van der Waals surface area contributed by atoms with Crippen LogP contribution in [0.5, 0.6) is 0 Å². The molecule has 2 rings (SSSR count). The molecule has 2 atom stereocenters. The van der Waals surface area contributed by atoms with Gasteiger partial charge in [-0.3, -0.25) is 4.79 Å². The number of hydrogen-bond acceptors (Lipinski definition) is 3. The lowest BCUT2D eigenvalue weighted by atomic mass is 10.1. The fourth-order valence-corrected chi connectivity index (χ4v) is 3.65. The Hall–Kier alpha value is -0.620. The van der Waals surface area contributed by atoms with Crippen LogP contribution in [0.25, 0.3) is 0 Å². The zero-order valence-electron chi connectivity index (χ0n) is 8.35. The van der Waals surface area contributed by atoms with Crippen molar-refractivity contribution in [3.05, 3.63) is 0 Å². The van der Waals surface area contributed by atoms with E-state index in [0.717, 1.165) is 12.8 Å². The first-order chi connectivity index (χ1) is 6.99. The van der Waals surface area contributed by atoms with Gasteiger partial charge in [0.15, 0.2) is 0 Å². The summed E-state index contributed by atoms with van der Waals surface area (Å²) in [6.45, 7) is 0. The first-order valence-electron chi connectivity index (χ1n) is 5.23. The summed E-state index contributed by atoms with van der Waals surface area (Å²) in [4.78, 5) is 10.7. The van der Waals surface area contributed by atoms with Crippen molar-refractivity contribution in [3.8, 4) is 0 Å². The zero-order valence-corrected chi connectivity index (χ0v) is 9.16. The molecule has 2 saturated carbocycles. The van der Waals surface area contributed by atoms with Gasteiger partial charge in [0.2, 0.25) is 10.0 Å². The van der Waals surface area contributed by atoms with Gasteiger partial charge in [0.1, 0.15) is 0 Å². The predicted molar refractivity (Wildman–Crippen MR) is 53.8 cm³/mol. The maximum absolute atomic E-state index is 11.6. The van der Waals surface area contributed by atoms with Crippen molar-refractivity contribution in [3.63, 3.8) is 0 Å². The number of nitrogens with one attached hydrogen (secondary N) is 1. The van der Waals surface area contributed by atoms with Crippen LogP contribution >= 0.6 is 0 Å². The predicted octanol–water partition coefficient (Wildman–Crippen LogP) is 0.322. The number of sulfonamides is 1. The minimum atomic E-state index is -3.16. The van der Waals surface area contributed by atoms with E-state index in [1.807, 2.05) is 0 Å². The Labute approximate surface area is 88.9 Å².